The van der Waals surface area contributed by atoms with Gasteiger partial charge >= 0.3 is 5.97 Å². The Morgan fingerprint density at radius 1 is 1.00 bits per heavy atom. The Labute approximate surface area is 307 Å². The van der Waals surface area contributed by atoms with Gasteiger partial charge in [0.2, 0.25) is 17.7 Å². The maximum atomic E-state index is 15.0. The van der Waals surface area contributed by atoms with Gasteiger partial charge in [-0.25, -0.2) is 0 Å². The third kappa shape index (κ3) is 7.16. The van der Waals surface area contributed by atoms with Gasteiger partial charge in [0.05, 0.1) is 31.2 Å². The minimum atomic E-state index is -1.51. The summed E-state index contributed by atoms with van der Waals surface area (Å²) in [5, 5.41) is 13.9. The third-order valence-corrected chi connectivity index (χ3v) is 11.0. The fourth-order valence-electron chi connectivity index (χ4n) is 8.01. The van der Waals surface area contributed by atoms with Crippen molar-refractivity contribution >= 4 is 39.6 Å². The Kier molecular flexibility index (Phi) is 11.8. The molecule has 2 N–H and O–H groups in total. The zero-order valence-corrected chi connectivity index (χ0v) is 30.6. The largest absolute Gasteiger partial charge is 0.455 e. The molecule has 1 spiro atoms. The molecule has 2 fully saturated rings. The molecule has 11 nitrogen and oxygen atoms in total. The highest BCUT2D eigenvalue weighted by atomic mass is 79.9. The molecular weight excluding hydrogens is 718 g/mol. The lowest BCUT2D eigenvalue weighted by molar-refractivity contribution is -0.163. The summed E-state index contributed by atoms with van der Waals surface area (Å²) < 4.78 is 19.1. The molecule has 12 heteroatoms. The molecule has 5 bridgehead atoms. The van der Waals surface area contributed by atoms with Gasteiger partial charge in [0, 0.05) is 31.1 Å². The summed E-state index contributed by atoms with van der Waals surface area (Å²) in [7, 11) is 1.51. The number of nitrogens with zero attached hydrogens (tertiary/aromatic N) is 2. The van der Waals surface area contributed by atoms with E-state index >= 15 is 4.79 Å². The van der Waals surface area contributed by atoms with E-state index in [2.05, 4.69) is 28.2 Å². The van der Waals surface area contributed by atoms with Crippen LogP contribution >= 0.6 is 15.9 Å². The molecule has 2 saturated heterocycles. The number of allylic oxidation sites excluding steroid dienone is 1. The van der Waals surface area contributed by atoms with E-state index in [0.717, 1.165) is 19.3 Å². The minimum absolute atomic E-state index is 0.0568. The molecule has 0 radical (unpaired) electrons. The molecular formula is C39H46BrN3O8. The number of rotatable bonds is 10. The first-order chi connectivity index (χ1) is 24.7. The number of halogens is 1. The van der Waals surface area contributed by atoms with E-state index in [1.165, 1.54) is 12.0 Å². The standard InChI is InChI=1S/C39H46BrN3O8/c1-3-4-13-20-42-21-14-7-12-19-30(45)41-28(24-49-2)33(26-17-10-6-11-18-26)50-38(48)31-32-36(46)43(29(23-44)25-15-8-5-9-16-25)35(37(42)47)39(32)22-27(40)34(31)51-39/h5-11,14-18,22,28-29,31-35,44H,3-4,12-13,19-21,23-24H2,1-2H3,(H,41,45)/b14-7-/t28-,29-,31+,32-,33-,34+,35+,39-/m1/s1. The molecule has 6 rings (SSSR count). The molecule has 4 aliphatic rings. The van der Waals surface area contributed by atoms with Gasteiger partial charge in [-0.1, -0.05) is 109 Å². The van der Waals surface area contributed by atoms with E-state index in [-0.39, 0.29) is 31.4 Å². The SMILES string of the molecule is CCCCCN1C/C=C\CCC(=O)N[C@H](COC)[C@@H](c2ccccc2)OC(=O)[C@@H]2[C@H]3O[C@@]4(C=C3Br)[C@H](C1=O)N([C@H](CO)c1ccccc1)C(=O)[C@@H]24. The van der Waals surface area contributed by atoms with E-state index in [1.54, 1.807) is 11.0 Å². The maximum Gasteiger partial charge on any atom is 0.313 e. The highest BCUT2D eigenvalue weighted by Crippen LogP contribution is 2.60. The number of esters is 1. The van der Waals surface area contributed by atoms with Gasteiger partial charge in [0.1, 0.15) is 29.8 Å². The first kappa shape index (κ1) is 36.9. The molecule has 4 aliphatic heterocycles. The molecule has 2 aromatic rings. The fraction of sp³-hybridized carbons (Fsp3) is 0.487. The van der Waals surface area contributed by atoms with Crippen LogP contribution in [0.15, 0.2) is 83.4 Å². The first-order valence-electron chi connectivity index (χ1n) is 17.8. The van der Waals surface area contributed by atoms with Crippen molar-refractivity contribution in [3.63, 3.8) is 0 Å². The Bertz CT molecular complexity index is 1640. The predicted molar refractivity (Wildman–Crippen MR) is 192 cm³/mol. The third-order valence-electron chi connectivity index (χ3n) is 10.4. The number of amides is 3. The highest BCUT2D eigenvalue weighted by molar-refractivity contribution is 9.11. The van der Waals surface area contributed by atoms with Crippen LogP contribution in [0.5, 0.6) is 0 Å². The number of hydrogen-bond donors (Lipinski definition) is 2. The van der Waals surface area contributed by atoms with Crippen LogP contribution in [0, 0.1) is 11.8 Å². The van der Waals surface area contributed by atoms with E-state index in [0.29, 0.717) is 28.6 Å². The van der Waals surface area contributed by atoms with E-state index in [4.69, 9.17) is 14.2 Å². The number of carbonyl (C=O) groups excluding carboxylic acids is 4. The summed E-state index contributed by atoms with van der Waals surface area (Å²) in [6, 6.07) is 15.4. The topological polar surface area (TPSA) is 135 Å². The molecule has 0 saturated carbocycles. The summed E-state index contributed by atoms with van der Waals surface area (Å²) >= 11 is 3.62. The van der Waals surface area contributed by atoms with Crippen molar-refractivity contribution in [1.29, 1.82) is 0 Å². The lowest BCUT2D eigenvalue weighted by Gasteiger charge is -2.39. The zero-order chi connectivity index (χ0) is 36.1. The van der Waals surface area contributed by atoms with Crippen LogP contribution in [0.4, 0.5) is 0 Å². The van der Waals surface area contributed by atoms with Crippen LogP contribution in [-0.2, 0) is 33.4 Å². The van der Waals surface area contributed by atoms with Crippen molar-refractivity contribution in [1.82, 2.24) is 15.1 Å². The number of benzene rings is 2. The maximum absolute atomic E-state index is 15.0. The van der Waals surface area contributed by atoms with Crippen molar-refractivity contribution in [2.75, 3.05) is 33.4 Å². The van der Waals surface area contributed by atoms with Gasteiger partial charge in [0.25, 0.3) is 0 Å². The smallest absolute Gasteiger partial charge is 0.313 e. The number of unbranched alkanes of at least 4 members (excludes halogenated alkanes) is 2. The fourth-order valence-corrected chi connectivity index (χ4v) is 8.75. The summed E-state index contributed by atoms with van der Waals surface area (Å²) in [6.07, 6.45) is 6.87. The molecule has 0 aliphatic carbocycles. The predicted octanol–water partition coefficient (Wildman–Crippen LogP) is 4.38. The van der Waals surface area contributed by atoms with Gasteiger partial charge in [-0.2, -0.15) is 0 Å². The number of cyclic esters (lactones) is 1. The summed E-state index contributed by atoms with van der Waals surface area (Å²) in [5.74, 6) is -3.99. The monoisotopic (exact) mass is 763 g/mol. The van der Waals surface area contributed by atoms with Crippen LogP contribution in [0.1, 0.15) is 62.3 Å². The lowest BCUT2D eigenvalue weighted by atomic mass is 9.74. The van der Waals surface area contributed by atoms with E-state index in [1.807, 2.05) is 72.8 Å². The molecule has 0 unspecified atom stereocenters. The number of methoxy groups -OCH3 is 1. The Hall–Kier alpha value is -3.84. The second-order valence-electron chi connectivity index (χ2n) is 13.6. The van der Waals surface area contributed by atoms with Crippen molar-refractivity contribution in [3.05, 3.63) is 94.5 Å². The number of ether oxygens (including phenoxy) is 3. The average Bonchev–Trinajstić information content (AvgIpc) is 3.73. The number of hydrogen-bond acceptors (Lipinski definition) is 8. The summed E-state index contributed by atoms with van der Waals surface area (Å²) in [5.41, 5.74) is -0.216. The molecule has 272 valence electrons. The van der Waals surface area contributed by atoms with E-state index in [9.17, 15) is 19.5 Å². The Morgan fingerprint density at radius 3 is 2.41 bits per heavy atom. The van der Waals surface area contributed by atoms with Crippen molar-refractivity contribution < 1.29 is 38.5 Å². The number of carbonyl (C=O) groups is 4. The molecule has 3 amide bonds. The quantitative estimate of drug-likeness (QED) is 0.207. The first-order valence-corrected chi connectivity index (χ1v) is 18.6. The van der Waals surface area contributed by atoms with Gasteiger partial charge < -0.3 is 34.4 Å². The molecule has 51 heavy (non-hydrogen) atoms. The number of likely N-dealkylation sites (tertiary alicyclic amines) is 1. The van der Waals surface area contributed by atoms with Crippen molar-refractivity contribution in [2.45, 2.75) is 75.0 Å². The Morgan fingerprint density at radius 2 is 1.73 bits per heavy atom. The van der Waals surface area contributed by atoms with Crippen LogP contribution in [0.3, 0.4) is 0 Å². The number of nitrogens with one attached hydrogen (secondary N) is 1. The van der Waals surface area contributed by atoms with Crippen LogP contribution in [0.25, 0.3) is 0 Å². The van der Waals surface area contributed by atoms with Crippen LogP contribution in [0.2, 0.25) is 0 Å². The summed E-state index contributed by atoms with van der Waals surface area (Å²) in [4.78, 5) is 61.0. The summed E-state index contributed by atoms with van der Waals surface area (Å²) in [6.45, 7) is 2.38. The second kappa shape index (κ2) is 16.2. The van der Waals surface area contributed by atoms with E-state index < -0.39 is 66.3 Å². The number of fused-ring (bicyclic) bond motifs is 2. The lowest BCUT2D eigenvalue weighted by Crippen LogP contribution is -2.57. The number of aliphatic hydroxyl groups is 1. The normalized spacial score (nSPS) is 30.9. The van der Waals surface area contributed by atoms with Gasteiger partial charge in [-0.15, -0.1) is 0 Å². The van der Waals surface area contributed by atoms with Gasteiger partial charge in [0.15, 0.2) is 0 Å². The molecule has 2 aromatic carbocycles. The molecule has 4 heterocycles. The van der Waals surface area contributed by atoms with Crippen molar-refractivity contribution in [3.8, 4) is 0 Å². The van der Waals surface area contributed by atoms with Crippen LogP contribution < -0.4 is 5.32 Å². The highest BCUT2D eigenvalue weighted by Gasteiger charge is 2.75. The molecule has 0 aromatic heterocycles. The Balaban J connectivity index is 1.49. The number of aliphatic hydroxyl groups excluding tert-OH is 1. The van der Waals surface area contributed by atoms with Crippen molar-refractivity contribution in [2.24, 2.45) is 11.8 Å². The zero-order valence-electron chi connectivity index (χ0n) is 29.0. The average molecular weight is 765 g/mol. The minimum Gasteiger partial charge on any atom is -0.455 e. The van der Waals surface area contributed by atoms with Gasteiger partial charge in [-0.3, -0.25) is 19.2 Å². The molecule has 8 atom stereocenters. The van der Waals surface area contributed by atoms with Crippen LogP contribution in [-0.4, -0.2) is 95.8 Å². The second-order valence-corrected chi connectivity index (χ2v) is 14.5. The van der Waals surface area contributed by atoms with Gasteiger partial charge in [-0.05, 0) is 30.0 Å².